The number of phenolic OH excluding ortho intramolecular Hbond substituents is 3. The number of phenols is 3. The predicted octanol–water partition coefficient (Wildman–Crippen LogP) is 7.30. The van der Waals surface area contributed by atoms with Crippen LogP contribution in [-0.2, 0) is 80.9 Å². The van der Waals surface area contributed by atoms with Gasteiger partial charge in [-0.25, -0.2) is 0 Å². The van der Waals surface area contributed by atoms with Crippen LogP contribution < -0.4 is 5.73 Å². The molecule has 0 atom stereocenters. The van der Waals surface area contributed by atoms with Gasteiger partial charge in [0.15, 0.2) is 17.2 Å². The van der Waals surface area contributed by atoms with Gasteiger partial charge in [-0.05, 0) is 60.7 Å². The maximum absolute atomic E-state index is 13.1. The number of non-ortho nitro benzene ring substituents is 2. The Morgan fingerprint density at radius 3 is 0.935 bits per heavy atom. The molecule has 8 rings (SSSR count). The van der Waals surface area contributed by atoms with Gasteiger partial charge in [0, 0.05) is 51.2 Å². The van der Waals surface area contributed by atoms with Crippen LogP contribution in [0.4, 0.5) is 62.6 Å². The number of nitrogen functional groups attached to an aromatic ring is 1. The fourth-order valence-electron chi connectivity index (χ4n) is 8.38. The number of nitro benzene ring substituents is 2. The van der Waals surface area contributed by atoms with E-state index in [4.69, 9.17) is 5.73 Å². The van der Waals surface area contributed by atoms with Gasteiger partial charge in [0.2, 0.25) is 0 Å². The summed E-state index contributed by atoms with van der Waals surface area (Å²) in [6, 6.07) is 6.08. The third-order valence-electron chi connectivity index (χ3n) is 12.2. The van der Waals surface area contributed by atoms with Gasteiger partial charge in [-0.1, -0.05) is 0 Å². The Bertz CT molecular complexity index is 5810. The lowest BCUT2D eigenvalue weighted by molar-refractivity contribution is -0.385. The Kier molecular flexibility index (Phi) is 17.2. The number of anilines is 1. The monoisotopic (exact) mass is 1440 g/mol. The van der Waals surface area contributed by atoms with Gasteiger partial charge in [-0.3, -0.25) is 56.7 Å². The van der Waals surface area contributed by atoms with E-state index in [9.17, 15) is 139 Å². The minimum Gasteiger partial charge on any atom is -0.505 e. The summed E-state index contributed by atoms with van der Waals surface area (Å²) >= 11 is 0. The molecule has 92 heavy (non-hydrogen) atoms. The van der Waals surface area contributed by atoms with Crippen LogP contribution in [0.25, 0.3) is 32.3 Å². The molecule has 0 spiro atoms. The highest BCUT2D eigenvalue weighted by Gasteiger charge is 2.33. The lowest BCUT2D eigenvalue weighted by Crippen LogP contribution is -2.05. The number of azo groups is 4. The number of hydrogen-bond donors (Lipinski definition) is 12. The van der Waals surface area contributed by atoms with E-state index in [0.29, 0.717) is 54.6 Å². The predicted molar refractivity (Wildman–Crippen MR) is 303 cm³/mol. The van der Waals surface area contributed by atoms with Crippen LogP contribution in [0, 0.1) is 20.2 Å². The topological polar surface area (TPSA) is 707 Å². The molecule has 13 N–H and O–H groups in total. The first-order chi connectivity index (χ1) is 42.0. The lowest BCUT2D eigenvalue weighted by Gasteiger charge is -2.15. The fourth-order valence-corrected chi connectivity index (χ4v) is 13.9. The van der Waals surface area contributed by atoms with Gasteiger partial charge in [-0.15, -0.1) is 40.9 Å². The smallest absolute Gasteiger partial charge is 0.297 e. The van der Waals surface area contributed by atoms with Crippen molar-refractivity contribution < 1.29 is 129 Å². The molecule has 0 heterocycles. The maximum Gasteiger partial charge on any atom is 0.297 e. The number of hydrogen-bond acceptors (Lipinski definition) is 32. The summed E-state index contributed by atoms with van der Waals surface area (Å²) < 4.78 is 285. The van der Waals surface area contributed by atoms with Gasteiger partial charge in [-0.2, -0.15) is 67.3 Å². The first-order valence-electron chi connectivity index (χ1n) is 22.8. The summed E-state index contributed by atoms with van der Waals surface area (Å²) in [7, 11) is -45.8. The van der Waals surface area contributed by atoms with E-state index in [0.717, 1.165) is 0 Å². The lowest BCUT2D eigenvalue weighted by atomic mass is 10.0. The van der Waals surface area contributed by atoms with Crippen LogP contribution >= 0.6 is 0 Å². The van der Waals surface area contributed by atoms with Crippen LogP contribution in [0.3, 0.4) is 0 Å². The molecule has 42 nitrogen and oxygen atoms in total. The second-order valence-electron chi connectivity index (χ2n) is 17.9. The molecule has 0 saturated heterocycles. The average Bonchev–Trinajstić information content (AvgIpc) is 0.750. The Morgan fingerprint density at radius 1 is 0.315 bits per heavy atom. The number of fused-ring (bicyclic) bond motifs is 3. The van der Waals surface area contributed by atoms with Gasteiger partial charge >= 0.3 is 0 Å². The van der Waals surface area contributed by atoms with Gasteiger partial charge in [0.05, 0.1) is 20.9 Å². The quantitative estimate of drug-likeness (QED) is 0.0132. The zero-order valence-electron chi connectivity index (χ0n) is 43.5. The molecule has 0 saturated carbocycles. The van der Waals surface area contributed by atoms with Crippen LogP contribution in [0.5, 0.6) is 17.2 Å². The molecule has 0 aliphatic heterocycles. The summed E-state index contributed by atoms with van der Waals surface area (Å²) in [6.07, 6.45) is 0. The van der Waals surface area contributed by atoms with Gasteiger partial charge < -0.3 is 21.1 Å². The third-order valence-corrected chi connectivity index (χ3v) is 19.3. The van der Waals surface area contributed by atoms with E-state index in [2.05, 4.69) is 40.9 Å². The van der Waals surface area contributed by atoms with Crippen molar-refractivity contribution in [3.05, 3.63) is 105 Å². The van der Waals surface area contributed by atoms with Crippen molar-refractivity contribution >= 4 is 176 Å². The standard InChI is InChI=1S/C42H27N11O31S8/c43-34-26(48-46-24-7-3-17-19(41(24)91(79,80)81)11-30(88(70,71)72)35(38(17)54)49-44-22-5-1-15(52(57)58)9-28(22)86(64,65)66)14-27(85(61,62)63)21-13-32(90(76,77)78)37(40(56)33(21)34)51-47-25-8-4-18-20(42(25)92(82,83)84)12-31(89(73,74)75)36(39(18)55)50-45-23-6-2-16(53(59)60)10-29(23)87(67,68)69/h1-14,54-56H,43H2,(H,61,62,63)(H,64,65,66)(H,67,68,69)(H,70,71,72)(H,73,74,75)(H,76,77,78)(H,79,80,81)(H,82,83,84). The van der Waals surface area contributed by atoms with E-state index in [1.807, 2.05) is 0 Å². The number of aromatic hydroxyl groups is 3. The SMILES string of the molecule is Nc1c(N=Nc2ccc3c(O)c(N=Nc4ccc([N+](=O)[O-])cc4S(=O)(=O)O)c(S(=O)(=O)O)cc3c2S(=O)(=O)O)cc(S(=O)(=O)O)c2cc(S(=O)(=O)O)c(N=Nc3ccc4c(O)c(N=Nc5ccc([N+](=O)[O-])cc5S(=O)(=O)O)c(S(=O)(=O)O)cc4c3S(=O)(=O)O)c(O)c12. The summed E-state index contributed by atoms with van der Waals surface area (Å²) in [5.74, 6) is -4.67. The molecule has 0 radical (unpaired) electrons. The first kappa shape index (κ1) is 68.1. The molecule has 8 aromatic rings. The average molecular weight is 1440 g/mol. The summed E-state index contributed by atoms with van der Waals surface area (Å²) in [5, 5.41) is 78.0. The third kappa shape index (κ3) is 13.3. The molecule has 0 fully saturated rings. The second-order valence-corrected chi connectivity index (χ2v) is 28.9. The number of nitro groups is 2. The molecule has 0 bridgehead atoms. The summed E-state index contributed by atoms with van der Waals surface area (Å²) in [4.78, 5) is 8.11. The maximum atomic E-state index is 13.1. The first-order valence-corrected chi connectivity index (χ1v) is 34.4. The Labute approximate surface area is 510 Å². The zero-order valence-corrected chi connectivity index (χ0v) is 50.0. The highest BCUT2D eigenvalue weighted by atomic mass is 32.2. The summed E-state index contributed by atoms with van der Waals surface area (Å²) in [6.45, 7) is 0. The normalized spacial score (nSPS) is 13.4. The molecular formula is C42H27N11O31S8. The molecule has 0 amide bonds. The molecule has 484 valence electrons. The van der Waals surface area contributed by atoms with Crippen LogP contribution in [-0.4, -0.2) is 129 Å². The Morgan fingerprint density at radius 2 is 0.609 bits per heavy atom. The summed E-state index contributed by atoms with van der Waals surface area (Å²) in [5.41, 5.74) is -6.45. The van der Waals surface area contributed by atoms with E-state index >= 15 is 0 Å². The zero-order chi connectivity index (χ0) is 68.9. The molecule has 0 aliphatic carbocycles. The minimum atomic E-state index is -5.91. The highest BCUT2D eigenvalue weighted by molar-refractivity contribution is 7.88. The highest BCUT2D eigenvalue weighted by Crippen LogP contribution is 2.52. The van der Waals surface area contributed by atoms with Crippen molar-refractivity contribution in [1.29, 1.82) is 0 Å². The Balaban J connectivity index is 1.32. The van der Waals surface area contributed by atoms with Crippen LogP contribution in [0.1, 0.15) is 0 Å². The van der Waals surface area contributed by atoms with Gasteiger partial charge in [0.25, 0.3) is 92.3 Å². The largest absolute Gasteiger partial charge is 0.505 e. The fraction of sp³-hybridized carbons (Fsp3) is 0. The number of nitrogens with two attached hydrogens (primary N) is 1. The molecule has 0 aliphatic rings. The molecule has 50 heteroatoms. The minimum absolute atomic E-state index is 0.136. The van der Waals surface area contributed by atoms with Crippen LogP contribution in [0.2, 0.25) is 0 Å². The van der Waals surface area contributed by atoms with Crippen molar-refractivity contribution in [2.24, 2.45) is 40.9 Å². The molecule has 0 unspecified atom stereocenters. The number of nitrogens with zero attached hydrogens (tertiary/aromatic N) is 10. The second kappa shape index (κ2) is 23.2. The van der Waals surface area contributed by atoms with Crippen LogP contribution in [0.15, 0.2) is 165 Å². The van der Waals surface area contributed by atoms with Crippen molar-refractivity contribution in [2.75, 3.05) is 5.73 Å². The van der Waals surface area contributed by atoms with Crippen molar-refractivity contribution in [2.45, 2.75) is 39.2 Å². The van der Waals surface area contributed by atoms with E-state index in [-0.39, 0.29) is 30.3 Å². The van der Waals surface area contributed by atoms with E-state index in [1.165, 1.54) is 0 Å². The van der Waals surface area contributed by atoms with Gasteiger partial charge in [0.1, 0.15) is 84.7 Å². The van der Waals surface area contributed by atoms with E-state index < -0.39 is 242 Å². The Hall–Kier alpha value is -9.78. The number of rotatable bonds is 18. The van der Waals surface area contributed by atoms with E-state index in [1.54, 1.807) is 0 Å². The molecular weight excluding hydrogens is 1410 g/mol. The molecule has 0 aromatic heterocycles. The number of benzene rings is 8. The van der Waals surface area contributed by atoms with Crippen molar-refractivity contribution in [1.82, 2.24) is 0 Å². The van der Waals surface area contributed by atoms with Crippen molar-refractivity contribution in [3.63, 3.8) is 0 Å². The molecule has 8 aromatic carbocycles. The van der Waals surface area contributed by atoms with Crippen molar-refractivity contribution in [3.8, 4) is 17.2 Å².